The summed E-state index contributed by atoms with van der Waals surface area (Å²) in [7, 11) is 1.79. The van der Waals surface area contributed by atoms with Crippen molar-refractivity contribution >= 4 is 32.7 Å². The van der Waals surface area contributed by atoms with Gasteiger partial charge >= 0.3 is 0 Å². The van der Waals surface area contributed by atoms with E-state index in [0.29, 0.717) is 10.0 Å². The van der Waals surface area contributed by atoms with Crippen LogP contribution in [0, 0.1) is 5.82 Å². The number of nitrogens with one attached hydrogen (secondary N) is 2. The molecule has 148 valence electrons. The van der Waals surface area contributed by atoms with Crippen LogP contribution in [0.3, 0.4) is 0 Å². The lowest BCUT2D eigenvalue weighted by Gasteiger charge is -2.19. The first-order valence-electron chi connectivity index (χ1n) is 8.95. The first-order chi connectivity index (χ1) is 14.0. The van der Waals surface area contributed by atoms with Gasteiger partial charge in [0.2, 0.25) is 0 Å². The molecule has 8 heteroatoms. The Hall–Kier alpha value is -2.97. The maximum absolute atomic E-state index is 13.8. The van der Waals surface area contributed by atoms with Crippen LogP contribution in [0.1, 0.15) is 11.6 Å². The van der Waals surface area contributed by atoms with Crippen LogP contribution in [-0.2, 0) is 0 Å². The molecule has 0 saturated heterocycles. The fourth-order valence-corrected chi connectivity index (χ4v) is 3.92. The predicted molar refractivity (Wildman–Crippen MR) is 115 cm³/mol. The third-order valence-electron chi connectivity index (χ3n) is 4.86. The van der Waals surface area contributed by atoms with Gasteiger partial charge < -0.3 is 15.0 Å². The second kappa shape index (κ2) is 7.81. The summed E-state index contributed by atoms with van der Waals surface area (Å²) in [6, 6.07) is 12.7. The Balaban J connectivity index is 1.75. The fraction of sp³-hybridized carbons (Fsp3) is 0.143. The van der Waals surface area contributed by atoms with Gasteiger partial charge in [0, 0.05) is 29.2 Å². The number of pyridine rings is 1. The molecular weight excluding hydrogens is 439 g/mol. The molecule has 29 heavy (non-hydrogen) atoms. The van der Waals surface area contributed by atoms with Gasteiger partial charge in [0.1, 0.15) is 5.82 Å². The minimum absolute atomic E-state index is 0.289. The Morgan fingerprint density at radius 1 is 1.21 bits per heavy atom. The molecule has 0 aliphatic carbocycles. The topological polar surface area (TPSA) is 82.9 Å². The zero-order chi connectivity index (χ0) is 20.5. The molecule has 2 aromatic carbocycles. The summed E-state index contributed by atoms with van der Waals surface area (Å²) in [4.78, 5) is 12.8. The molecule has 0 aliphatic heterocycles. The highest BCUT2D eigenvalue weighted by atomic mass is 79.9. The smallest absolute Gasteiger partial charge is 0.251 e. The van der Waals surface area contributed by atoms with Crippen molar-refractivity contribution in [3.63, 3.8) is 0 Å². The number of aromatic nitrogens is 3. The molecule has 0 bridgehead atoms. The molecule has 2 aromatic heterocycles. The maximum Gasteiger partial charge on any atom is 0.251 e. The quantitative estimate of drug-likeness (QED) is 0.425. The normalized spacial score (nSPS) is 12.3. The van der Waals surface area contributed by atoms with Gasteiger partial charge in [-0.1, -0.05) is 22.0 Å². The highest BCUT2D eigenvalue weighted by molar-refractivity contribution is 9.10. The lowest BCUT2D eigenvalue weighted by atomic mass is 10.0. The van der Waals surface area contributed by atoms with E-state index in [1.165, 1.54) is 22.8 Å². The molecular formula is C21H18BrFN4O2. The average molecular weight is 457 g/mol. The van der Waals surface area contributed by atoms with E-state index < -0.39 is 11.9 Å². The predicted octanol–water partition coefficient (Wildman–Crippen LogP) is 3.92. The van der Waals surface area contributed by atoms with Gasteiger partial charge in [0.05, 0.1) is 18.2 Å². The Morgan fingerprint density at radius 3 is 2.69 bits per heavy atom. The van der Waals surface area contributed by atoms with Crippen LogP contribution < -0.4 is 10.9 Å². The van der Waals surface area contributed by atoms with Gasteiger partial charge in [-0.2, -0.15) is 5.10 Å². The minimum Gasteiger partial charge on any atom is -0.394 e. The number of aromatic amines is 1. The van der Waals surface area contributed by atoms with Crippen molar-refractivity contribution in [3.05, 3.63) is 80.9 Å². The van der Waals surface area contributed by atoms with Crippen molar-refractivity contribution in [1.29, 1.82) is 0 Å². The van der Waals surface area contributed by atoms with Crippen LogP contribution in [0.2, 0.25) is 0 Å². The van der Waals surface area contributed by atoms with E-state index in [1.54, 1.807) is 25.4 Å². The van der Waals surface area contributed by atoms with Crippen molar-refractivity contribution in [2.24, 2.45) is 0 Å². The van der Waals surface area contributed by atoms with Crippen molar-refractivity contribution < 1.29 is 9.50 Å². The summed E-state index contributed by atoms with van der Waals surface area (Å²) < 4.78 is 15.7. The zero-order valence-electron chi connectivity index (χ0n) is 15.5. The van der Waals surface area contributed by atoms with Gasteiger partial charge in [0.25, 0.3) is 5.56 Å². The van der Waals surface area contributed by atoms with Crippen LogP contribution >= 0.6 is 15.9 Å². The van der Waals surface area contributed by atoms with Crippen molar-refractivity contribution in [1.82, 2.24) is 14.8 Å². The summed E-state index contributed by atoms with van der Waals surface area (Å²) in [6.45, 7) is -0.332. The molecule has 4 aromatic rings. The largest absolute Gasteiger partial charge is 0.394 e. The third kappa shape index (κ3) is 3.68. The number of anilines is 1. The molecule has 0 amide bonds. The Kier molecular flexibility index (Phi) is 5.21. The number of benzene rings is 2. The van der Waals surface area contributed by atoms with Crippen molar-refractivity contribution in [2.75, 3.05) is 19.0 Å². The molecule has 3 N–H and O–H groups in total. The molecule has 0 spiro atoms. The number of nitrogens with zero attached hydrogens (tertiary/aromatic N) is 2. The second-order valence-corrected chi connectivity index (χ2v) is 7.56. The number of halogens is 2. The number of aliphatic hydroxyl groups excluding tert-OH is 1. The molecule has 1 unspecified atom stereocenters. The molecule has 0 fully saturated rings. The van der Waals surface area contributed by atoms with Crippen LogP contribution in [0.15, 0.2) is 64.0 Å². The standard InChI is InChI=1S/C21H18BrFN4O2/c1-24-21-17-8-12(2-3-18(17)25-26-21)13-4-5-27(20(29)9-13)19(11-28)14-6-15(22)10-16(23)7-14/h2-10,19,28H,11H2,1H3,(H2,24,25,26). The molecule has 2 heterocycles. The molecule has 0 saturated carbocycles. The highest BCUT2D eigenvalue weighted by Crippen LogP contribution is 2.27. The first kappa shape index (κ1) is 19.4. The van der Waals surface area contributed by atoms with E-state index in [-0.39, 0.29) is 12.2 Å². The van der Waals surface area contributed by atoms with Gasteiger partial charge in [-0.3, -0.25) is 9.89 Å². The first-order valence-corrected chi connectivity index (χ1v) is 9.74. The van der Waals surface area contributed by atoms with E-state index in [1.807, 2.05) is 18.2 Å². The number of fused-ring (bicyclic) bond motifs is 1. The lowest BCUT2D eigenvalue weighted by molar-refractivity contribution is 0.246. The summed E-state index contributed by atoms with van der Waals surface area (Å²) in [5.74, 6) is 0.290. The van der Waals surface area contributed by atoms with E-state index in [0.717, 1.165) is 27.8 Å². The van der Waals surface area contributed by atoms with Crippen LogP contribution in [0.25, 0.3) is 22.0 Å². The van der Waals surface area contributed by atoms with Gasteiger partial charge in [-0.25, -0.2) is 4.39 Å². The number of H-pyrrole nitrogens is 1. The SMILES string of the molecule is CNc1n[nH]c2ccc(-c3ccn(C(CO)c4cc(F)cc(Br)c4)c(=O)c3)cc12. The van der Waals surface area contributed by atoms with Crippen molar-refractivity contribution in [3.8, 4) is 11.1 Å². The Labute approximate surface area is 174 Å². The molecule has 6 nitrogen and oxygen atoms in total. The number of hydrogen-bond donors (Lipinski definition) is 3. The van der Waals surface area contributed by atoms with Crippen molar-refractivity contribution in [2.45, 2.75) is 6.04 Å². The fourth-order valence-electron chi connectivity index (χ4n) is 3.43. The van der Waals surface area contributed by atoms with Gasteiger partial charge in [-0.15, -0.1) is 0 Å². The minimum atomic E-state index is -0.684. The van der Waals surface area contributed by atoms with Crippen LogP contribution in [-0.4, -0.2) is 33.5 Å². The van der Waals surface area contributed by atoms with E-state index in [9.17, 15) is 14.3 Å². The maximum atomic E-state index is 13.8. The third-order valence-corrected chi connectivity index (χ3v) is 5.32. The van der Waals surface area contributed by atoms with Crippen LogP contribution in [0.4, 0.5) is 10.2 Å². The van der Waals surface area contributed by atoms with E-state index in [4.69, 9.17) is 0 Å². The van der Waals surface area contributed by atoms with Crippen LogP contribution in [0.5, 0.6) is 0 Å². The summed E-state index contributed by atoms with van der Waals surface area (Å²) in [5, 5.41) is 21.0. The monoisotopic (exact) mass is 456 g/mol. The number of hydrogen-bond acceptors (Lipinski definition) is 4. The van der Waals surface area contributed by atoms with Gasteiger partial charge in [0.15, 0.2) is 5.82 Å². The van der Waals surface area contributed by atoms with E-state index >= 15 is 0 Å². The van der Waals surface area contributed by atoms with Gasteiger partial charge in [-0.05, 0) is 53.1 Å². The molecule has 0 radical (unpaired) electrons. The number of aliphatic hydroxyl groups is 1. The number of rotatable bonds is 5. The van der Waals surface area contributed by atoms with E-state index in [2.05, 4.69) is 31.4 Å². The second-order valence-electron chi connectivity index (χ2n) is 6.64. The highest BCUT2D eigenvalue weighted by Gasteiger charge is 2.16. The lowest BCUT2D eigenvalue weighted by Crippen LogP contribution is -2.27. The molecule has 4 rings (SSSR count). The summed E-state index contributed by atoms with van der Waals surface area (Å²) in [5.41, 5.74) is 2.72. The zero-order valence-corrected chi connectivity index (χ0v) is 17.1. The average Bonchev–Trinajstić information content (AvgIpc) is 3.11. The Bertz CT molecular complexity index is 1230. The summed E-state index contributed by atoms with van der Waals surface area (Å²) in [6.07, 6.45) is 1.62. The molecule has 1 atom stereocenters. The summed E-state index contributed by atoms with van der Waals surface area (Å²) >= 11 is 3.25. The molecule has 0 aliphatic rings. The Morgan fingerprint density at radius 2 is 2.00 bits per heavy atom.